The monoisotopic (exact) mass is 372 g/mol. The number of hydrogen-bond acceptors (Lipinski definition) is 4. The maximum atomic E-state index is 12.7. The summed E-state index contributed by atoms with van der Waals surface area (Å²) in [4.78, 5) is 1.55. The zero-order valence-electron chi connectivity index (χ0n) is 10.5. The normalized spacial score (nSPS) is 16.1. The van der Waals surface area contributed by atoms with Crippen LogP contribution in [0.3, 0.4) is 0 Å². The molecule has 0 spiro atoms. The molecule has 3 rings (SSSR count). The van der Waals surface area contributed by atoms with Gasteiger partial charge in [-0.25, -0.2) is 8.42 Å². The number of fused-ring (bicyclic) bond motifs is 1. The number of nitrogen functional groups attached to an aromatic ring is 1. The Morgan fingerprint density at radius 1 is 1.30 bits per heavy atom. The molecule has 0 saturated heterocycles. The lowest BCUT2D eigenvalue weighted by Gasteiger charge is -2.26. The number of benzene rings is 1. The van der Waals surface area contributed by atoms with E-state index in [1.165, 1.54) is 9.18 Å². The van der Waals surface area contributed by atoms with Gasteiger partial charge in [0.25, 0.3) is 0 Å². The Bertz CT molecular complexity index is 755. The smallest absolute Gasteiger partial charge is 0.244 e. The minimum atomic E-state index is -3.49. The van der Waals surface area contributed by atoms with E-state index < -0.39 is 10.0 Å². The van der Waals surface area contributed by atoms with Crippen LogP contribution in [0.1, 0.15) is 10.4 Å². The van der Waals surface area contributed by atoms with E-state index in [-0.39, 0.29) is 4.90 Å². The van der Waals surface area contributed by atoms with Crippen LogP contribution in [0.25, 0.3) is 0 Å². The van der Waals surface area contributed by atoms with Crippen LogP contribution < -0.4 is 5.73 Å². The number of hydrogen-bond donors (Lipinski definition) is 1. The molecule has 1 aromatic heterocycles. The van der Waals surface area contributed by atoms with Crippen LogP contribution in [0.15, 0.2) is 39.0 Å². The minimum Gasteiger partial charge on any atom is -0.399 e. The molecule has 20 heavy (non-hydrogen) atoms. The highest BCUT2D eigenvalue weighted by atomic mass is 79.9. The van der Waals surface area contributed by atoms with Crippen LogP contribution in [-0.4, -0.2) is 19.3 Å². The fourth-order valence-corrected chi connectivity index (χ4v) is 5.66. The van der Waals surface area contributed by atoms with E-state index in [1.807, 2.05) is 11.4 Å². The quantitative estimate of drug-likeness (QED) is 0.824. The lowest BCUT2D eigenvalue weighted by molar-refractivity contribution is 0.394. The molecule has 0 saturated carbocycles. The first-order valence-corrected chi connectivity index (χ1v) is 9.20. The summed E-state index contributed by atoms with van der Waals surface area (Å²) in [6, 6.07) is 6.78. The van der Waals surface area contributed by atoms with Crippen molar-refractivity contribution in [2.24, 2.45) is 0 Å². The number of thiophene rings is 1. The molecule has 7 heteroatoms. The standard InChI is InChI=1S/C13H13BrN2O2S2/c14-11-7-10(15)1-2-13(11)20(17,18)16-5-3-12-9(8-16)4-6-19-12/h1-2,4,6-7H,3,5,8,15H2. The second-order valence-corrected chi connectivity index (χ2v) is 8.41. The molecule has 1 aliphatic rings. The summed E-state index contributed by atoms with van der Waals surface area (Å²) in [5.41, 5.74) is 7.31. The van der Waals surface area contributed by atoms with Crippen LogP contribution in [0.5, 0.6) is 0 Å². The SMILES string of the molecule is Nc1ccc(S(=O)(=O)N2CCc3sccc3C2)c(Br)c1. The van der Waals surface area contributed by atoms with Crippen LogP contribution in [0, 0.1) is 0 Å². The van der Waals surface area contributed by atoms with Crippen LogP contribution in [-0.2, 0) is 23.0 Å². The van der Waals surface area contributed by atoms with Crippen molar-refractivity contribution in [3.05, 3.63) is 44.6 Å². The molecule has 2 heterocycles. The van der Waals surface area contributed by atoms with Gasteiger partial charge in [0.15, 0.2) is 0 Å². The summed E-state index contributed by atoms with van der Waals surface area (Å²) in [5.74, 6) is 0. The van der Waals surface area contributed by atoms with Gasteiger partial charge in [0.1, 0.15) is 0 Å². The average molecular weight is 373 g/mol. The van der Waals surface area contributed by atoms with Crippen molar-refractivity contribution in [1.82, 2.24) is 4.31 Å². The molecule has 106 valence electrons. The van der Waals surface area contributed by atoms with E-state index in [1.54, 1.807) is 29.5 Å². The van der Waals surface area contributed by atoms with Crippen LogP contribution in [0.2, 0.25) is 0 Å². The Morgan fingerprint density at radius 3 is 2.85 bits per heavy atom. The fourth-order valence-electron chi connectivity index (χ4n) is 2.29. The maximum absolute atomic E-state index is 12.7. The van der Waals surface area contributed by atoms with Crippen LogP contribution >= 0.6 is 27.3 Å². The van der Waals surface area contributed by atoms with Crippen LogP contribution in [0.4, 0.5) is 5.69 Å². The van der Waals surface area contributed by atoms with Gasteiger partial charge >= 0.3 is 0 Å². The Hall–Kier alpha value is -0.890. The van der Waals surface area contributed by atoms with Gasteiger partial charge < -0.3 is 5.73 Å². The van der Waals surface area contributed by atoms with Gasteiger partial charge in [-0.15, -0.1) is 11.3 Å². The maximum Gasteiger partial charge on any atom is 0.244 e. The number of nitrogens with two attached hydrogens (primary N) is 1. The highest BCUT2D eigenvalue weighted by Gasteiger charge is 2.30. The molecule has 0 unspecified atom stereocenters. The van der Waals surface area contributed by atoms with E-state index in [9.17, 15) is 8.42 Å². The summed E-state index contributed by atoms with van der Waals surface area (Å²) in [6.07, 6.45) is 0.777. The largest absolute Gasteiger partial charge is 0.399 e. The molecular formula is C13H13BrN2O2S2. The van der Waals surface area contributed by atoms with Crippen molar-refractivity contribution in [1.29, 1.82) is 0 Å². The molecule has 0 radical (unpaired) electrons. The zero-order chi connectivity index (χ0) is 14.3. The molecule has 1 aliphatic heterocycles. The summed E-state index contributed by atoms with van der Waals surface area (Å²) >= 11 is 4.98. The highest BCUT2D eigenvalue weighted by Crippen LogP contribution is 2.31. The van der Waals surface area contributed by atoms with Crippen molar-refractivity contribution in [3.8, 4) is 0 Å². The van der Waals surface area contributed by atoms with Gasteiger partial charge in [-0.05, 0) is 57.6 Å². The molecule has 0 bridgehead atoms. The van der Waals surface area contributed by atoms with Crippen molar-refractivity contribution in [2.75, 3.05) is 12.3 Å². The first-order chi connectivity index (χ1) is 9.48. The van der Waals surface area contributed by atoms with Crippen molar-refractivity contribution in [2.45, 2.75) is 17.9 Å². The van der Waals surface area contributed by atoms with E-state index in [0.29, 0.717) is 23.2 Å². The lowest BCUT2D eigenvalue weighted by Crippen LogP contribution is -2.35. The second-order valence-electron chi connectivity index (χ2n) is 4.65. The first kappa shape index (κ1) is 14.1. The Morgan fingerprint density at radius 2 is 2.10 bits per heavy atom. The third-order valence-electron chi connectivity index (χ3n) is 3.35. The molecule has 0 aliphatic carbocycles. The van der Waals surface area contributed by atoms with E-state index in [2.05, 4.69) is 15.9 Å². The predicted molar refractivity (Wildman–Crippen MR) is 84.2 cm³/mol. The van der Waals surface area contributed by atoms with Crippen molar-refractivity contribution < 1.29 is 8.42 Å². The summed E-state index contributed by atoms with van der Waals surface area (Å²) in [5, 5.41) is 2.01. The molecule has 0 fully saturated rings. The highest BCUT2D eigenvalue weighted by molar-refractivity contribution is 9.10. The number of nitrogens with zero attached hydrogens (tertiary/aromatic N) is 1. The summed E-state index contributed by atoms with van der Waals surface area (Å²) < 4.78 is 27.5. The van der Waals surface area contributed by atoms with Crippen molar-refractivity contribution in [3.63, 3.8) is 0 Å². The summed E-state index contributed by atoms with van der Waals surface area (Å²) in [7, 11) is -3.49. The third-order valence-corrected chi connectivity index (χ3v) is 7.19. The van der Waals surface area contributed by atoms with E-state index in [0.717, 1.165) is 12.0 Å². The molecule has 0 atom stereocenters. The van der Waals surface area contributed by atoms with E-state index >= 15 is 0 Å². The van der Waals surface area contributed by atoms with Gasteiger partial charge in [-0.3, -0.25) is 0 Å². The number of sulfonamides is 1. The Labute approximate surface area is 130 Å². The Kier molecular flexibility index (Phi) is 3.62. The summed E-state index contributed by atoms with van der Waals surface area (Å²) in [6.45, 7) is 0.963. The van der Waals surface area contributed by atoms with Gasteiger partial charge in [0.05, 0.1) is 4.90 Å². The Balaban J connectivity index is 1.97. The van der Waals surface area contributed by atoms with Gasteiger partial charge in [-0.1, -0.05) is 0 Å². The minimum absolute atomic E-state index is 0.269. The third kappa shape index (κ3) is 2.39. The predicted octanol–water partition coefficient (Wildman–Crippen LogP) is 2.84. The van der Waals surface area contributed by atoms with E-state index in [4.69, 9.17) is 5.73 Å². The molecule has 0 amide bonds. The average Bonchev–Trinajstić information content (AvgIpc) is 2.85. The van der Waals surface area contributed by atoms with Crippen molar-refractivity contribution >= 4 is 43.0 Å². The molecule has 2 N–H and O–H groups in total. The zero-order valence-corrected chi connectivity index (χ0v) is 13.8. The number of halogens is 1. The topological polar surface area (TPSA) is 63.4 Å². The molecule has 4 nitrogen and oxygen atoms in total. The number of rotatable bonds is 2. The number of anilines is 1. The molecule has 2 aromatic rings. The van der Waals surface area contributed by atoms with Gasteiger partial charge in [0.2, 0.25) is 10.0 Å². The van der Waals surface area contributed by atoms with Gasteiger partial charge in [0, 0.05) is 28.1 Å². The fraction of sp³-hybridized carbons (Fsp3) is 0.231. The first-order valence-electron chi connectivity index (χ1n) is 6.09. The lowest BCUT2D eigenvalue weighted by atomic mass is 10.1. The molecule has 1 aromatic carbocycles. The van der Waals surface area contributed by atoms with Gasteiger partial charge in [-0.2, -0.15) is 4.31 Å². The second kappa shape index (κ2) is 5.14. The molecular weight excluding hydrogens is 360 g/mol.